The molecule has 1 aromatic carbocycles. The van der Waals surface area contributed by atoms with Gasteiger partial charge in [0.25, 0.3) is 0 Å². The van der Waals surface area contributed by atoms with Crippen molar-refractivity contribution in [1.82, 2.24) is 4.90 Å². The van der Waals surface area contributed by atoms with Crippen LogP contribution >= 0.6 is 0 Å². The van der Waals surface area contributed by atoms with Gasteiger partial charge in [-0.3, -0.25) is 4.79 Å². The molecular weight excluding hydrogens is 306 g/mol. The normalized spacial score (nSPS) is 34.2. The summed E-state index contributed by atoms with van der Waals surface area (Å²) >= 11 is 0. The highest BCUT2D eigenvalue weighted by Crippen LogP contribution is 2.56. The second kappa shape index (κ2) is 5.74. The summed E-state index contributed by atoms with van der Waals surface area (Å²) in [6.07, 6.45) is 2.21. The summed E-state index contributed by atoms with van der Waals surface area (Å²) in [7, 11) is 1.98. The van der Waals surface area contributed by atoms with Crippen molar-refractivity contribution in [1.29, 1.82) is 0 Å². The summed E-state index contributed by atoms with van der Waals surface area (Å²) in [6.45, 7) is 4.69. The van der Waals surface area contributed by atoms with E-state index in [0.29, 0.717) is 31.2 Å². The standard InChI is InChI=1S/C19H27NO4/c1-4-13-5-6-15(22)17(23)16(13)18-9-10-20(3)12(2)19(18,24)8-7-14(21)11-18/h5-6,12,22-24H,4,7-11H2,1-3H3. The van der Waals surface area contributed by atoms with Crippen LogP contribution in [0.4, 0.5) is 0 Å². The number of Topliss-reactive ketones (excluding diaryl/α,β-unsaturated/α-hetero) is 1. The number of nitrogens with zero attached hydrogens (tertiary/aromatic N) is 1. The monoisotopic (exact) mass is 333 g/mol. The Hall–Kier alpha value is -1.59. The average molecular weight is 333 g/mol. The minimum atomic E-state index is -1.11. The lowest BCUT2D eigenvalue weighted by Crippen LogP contribution is -2.69. The maximum Gasteiger partial charge on any atom is 0.161 e. The summed E-state index contributed by atoms with van der Waals surface area (Å²) in [5.41, 5.74) is -0.499. The molecule has 0 spiro atoms. The van der Waals surface area contributed by atoms with Crippen LogP contribution in [-0.2, 0) is 16.6 Å². The molecule has 3 unspecified atom stereocenters. The van der Waals surface area contributed by atoms with Crippen LogP contribution in [0, 0.1) is 0 Å². The van der Waals surface area contributed by atoms with E-state index in [4.69, 9.17) is 0 Å². The molecule has 0 amide bonds. The van der Waals surface area contributed by atoms with Gasteiger partial charge >= 0.3 is 0 Å². The molecule has 1 aliphatic carbocycles. The Labute approximate surface area is 142 Å². The van der Waals surface area contributed by atoms with Crippen LogP contribution in [0.2, 0.25) is 0 Å². The number of carbonyl (C=O) groups excluding carboxylic acids is 1. The van der Waals surface area contributed by atoms with Crippen LogP contribution in [0.3, 0.4) is 0 Å². The summed E-state index contributed by atoms with van der Waals surface area (Å²) in [4.78, 5) is 14.5. The Morgan fingerprint density at radius 2 is 2.00 bits per heavy atom. The quantitative estimate of drug-likeness (QED) is 0.722. The third kappa shape index (κ3) is 2.18. The van der Waals surface area contributed by atoms with E-state index >= 15 is 0 Å². The van der Waals surface area contributed by atoms with Crippen LogP contribution in [0.1, 0.15) is 50.7 Å². The highest BCUT2D eigenvalue weighted by atomic mass is 16.3. The Morgan fingerprint density at radius 3 is 2.67 bits per heavy atom. The van der Waals surface area contributed by atoms with Crippen molar-refractivity contribution in [3.63, 3.8) is 0 Å². The molecule has 2 aliphatic rings. The van der Waals surface area contributed by atoms with Gasteiger partial charge in [0, 0.05) is 29.9 Å². The Balaban J connectivity index is 2.29. The lowest BCUT2D eigenvalue weighted by atomic mass is 9.53. The van der Waals surface area contributed by atoms with Crippen LogP contribution in [0.15, 0.2) is 12.1 Å². The van der Waals surface area contributed by atoms with Gasteiger partial charge < -0.3 is 20.2 Å². The summed E-state index contributed by atoms with van der Waals surface area (Å²) in [5, 5.41) is 32.4. The first-order chi connectivity index (χ1) is 11.3. The van der Waals surface area contributed by atoms with Crippen LogP contribution in [0.25, 0.3) is 0 Å². The van der Waals surface area contributed by atoms with Crippen molar-refractivity contribution in [3.05, 3.63) is 23.3 Å². The predicted octanol–water partition coefficient (Wildman–Crippen LogP) is 2.11. The smallest absolute Gasteiger partial charge is 0.161 e. The number of phenolic OH excluding ortho intramolecular Hbond substituents is 2. The molecule has 0 radical (unpaired) electrons. The molecule has 3 rings (SSSR count). The number of fused-ring (bicyclic) bond motifs is 1. The fourth-order valence-electron chi connectivity index (χ4n) is 4.87. The third-order valence-electron chi connectivity index (χ3n) is 6.46. The highest BCUT2D eigenvalue weighted by molar-refractivity contribution is 5.82. The first kappa shape index (κ1) is 17.2. The first-order valence-corrected chi connectivity index (χ1v) is 8.75. The van der Waals surface area contributed by atoms with E-state index in [0.717, 1.165) is 12.1 Å². The number of phenols is 2. The van der Waals surface area contributed by atoms with Gasteiger partial charge in [-0.15, -0.1) is 0 Å². The number of benzene rings is 1. The van der Waals surface area contributed by atoms with Gasteiger partial charge in [0.1, 0.15) is 5.78 Å². The Kier molecular flexibility index (Phi) is 4.12. The number of likely N-dealkylation sites (N-methyl/N-ethyl adjacent to an activating group) is 1. The molecule has 1 saturated carbocycles. The van der Waals surface area contributed by atoms with Crippen LogP contribution in [-0.4, -0.2) is 51.2 Å². The van der Waals surface area contributed by atoms with Crippen molar-refractivity contribution in [3.8, 4) is 11.5 Å². The molecule has 1 aliphatic heterocycles. The molecule has 1 saturated heterocycles. The van der Waals surface area contributed by atoms with E-state index in [-0.39, 0.29) is 29.7 Å². The van der Waals surface area contributed by atoms with Gasteiger partial charge in [-0.05, 0) is 51.4 Å². The van der Waals surface area contributed by atoms with E-state index in [9.17, 15) is 20.1 Å². The summed E-state index contributed by atoms with van der Waals surface area (Å²) in [6, 6.07) is 3.14. The number of aliphatic hydroxyl groups is 1. The SMILES string of the molecule is CCc1ccc(O)c(O)c1C12CCN(C)C(C)C1(O)CCC(=O)C2. The maximum absolute atomic E-state index is 12.4. The van der Waals surface area contributed by atoms with Crippen molar-refractivity contribution < 1.29 is 20.1 Å². The third-order valence-corrected chi connectivity index (χ3v) is 6.46. The number of ketones is 1. The number of likely N-dealkylation sites (tertiary alicyclic amines) is 1. The minimum absolute atomic E-state index is 0.112. The van der Waals surface area contributed by atoms with E-state index < -0.39 is 11.0 Å². The number of carbonyl (C=O) groups is 1. The van der Waals surface area contributed by atoms with E-state index in [2.05, 4.69) is 4.90 Å². The molecule has 132 valence electrons. The van der Waals surface area contributed by atoms with Gasteiger partial charge in [0.2, 0.25) is 0 Å². The van der Waals surface area contributed by atoms with Gasteiger partial charge in [-0.25, -0.2) is 0 Å². The zero-order valence-electron chi connectivity index (χ0n) is 14.7. The predicted molar refractivity (Wildman–Crippen MR) is 91.3 cm³/mol. The van der Waals surface area contributed by atoms with Crippen molar-refractivity contribution >= 4 is 5.78 Å². The van der Waals surface area contributed by atoms with E-state index in [1.807, 2.05) is 20.9 Å². The molecule has 1 aromatic rings. The van der Waals surface area contributed by atoms with Gasteiger partial charge in [-0.1, -0.05) is 13.0 Å². The van der Waals surface area contributed by atoms with Gasteiger partial charge in [0.15, 0.2) is 11.5 Å². The molecule has 1 heterocycles. The van der Waals surface area contributed by atoms with Crippen molar-refractivity contribution in [2.24, 2.45) is 0 Å². The fraction of sp³-hybridized carbons (Fsp3) is 0.632. The number of rotatable bonds is 2. The Morgan fingerprint density at radius 1 is 1.29 bits per heavy atom. The number of hydrogen-bond donors (Lipinski definition) is 3. The second-order valence-electron chi connectivity index (χ2n) is 7.45. The summed E-state index contributed by atoms with van der Waals surface area (Å²) in [5.74, 6) is -0.260. The van der Waals surface area contributed by atoms with Crippen molar-refractivity contribution in [2.75, 3.05) is 13.6 Å². The molecule has 2 fully saturated rings. The number of hydrogen-bond acceptors (Lipinski definition) is 5. The molecular formula is C19H27NO4. The zero-order valence-corrected chi connectivity index (χ0v) is 14.7. The maximum atomic E-state index is 12.4. The van der Waals surface area contributed by atoms with Gasteiger partial charge in [0.05, 0.1) is 5.60 Å². The molecule has 24 heavy (non-hydrogen) atoms. The lowest BCUT2D eigenvalue weighted by Gasteiger charge is -2.59. The molecule has 3 N–H and O–H groups in total. The number of aromatic hydroxyl groups is 2. The number of piperidine rings is 1. The number of aryl methyl sites for hydroxylation is 1. The van der Waals surface area contributed by atoms with Gasteiger partial charge in [-0.2, -0.15) is 0 Å². The average Bonchev–Trinajstić information content (AvgIpc) is 2.56. The van der Waals surface area contributed by atoms with E-state index in [1.54, 1.807) is 6.07 Å². The van der Waals surface area contributed by atoms with Crippen LogP contribution in [0.5, 0.6) is 11.5 Å². The first-order valence-electron chi connectivity index (χ1n) is 8.75. The molecule has 3 atom stereocenters. The molecule has 5 heteroatoms. The molecule has 0 aromatic heterocycles. The lowest BCUT2D eigenvalue weighted by molar-refractivity contribution is -0.161. The molecule has 5 nitrogen and oxygen atoms in total. The Bertz CT molecular complexity index is 674. The largest absolute Gasteiger partial charge is 0.504 e. The minimum Gasteiger partial charge on any atom is -0.504 e. The second-order valence-corrected chi connectivity index (χ2v) is 7.45. The molecule has 0 bridgehead atoms. The fourth-order valence-corrected chi connectivity index (χ4v) is 4.87. The van der Waals surface area contributed by atoms with Crippen LogP contribution < -0.4 is 0 Å². The van der Waals surface area contributed by atoms with Crippen molar-refractivity contribution in [2.45, 2.75) is 63.0 Å². The summed E-state index contributed by atoms with van der Waals surface area (Å²) < 4.78 is 0. The topological polar surface area (TPSA) is 81.0 Å². The van der Waals surface area contributed by atoms with E-state index in [1.165, 1.54) is 6.07 Å². The highest BCUT2D eigenvalue weighted by Gasteiger charge is 2.61. The zero-order chi connectivity index (χ0) is 17.7.